The summed E-state index contributed by atoms with van der Waals surface area (Å²) in [6.07, 6.45) is 2.18. The SMILES string of the molecule is Cc1nc(SCCO)c2c3c(sc2n1)CCc1ccccc1-3. The molecule has 0 saturated heterocycles. The first-order chi connectivity index (χ1) is 10.8. The van der Waals surface area contributed by atoms with Crippen LogP contribution in [0.15, 0.2) is 29.3 Å². The van der Waals surface area contributed by atoms with Crippen molar-refractivity contribution in [3.8, 4) is 11.1 Å². The van der Waals surface area contributed by atoms with Crippen LogP contribution >= 0.6 is 23.1 Å². The summed E-state index contributed by atoms with van der Waals surface area (Å²) in [5.74, 6) is 1.47. The molecule has 2 aromatic heterocycles. The molecule has 22 heavy (non-hydrogen) atoms. The molecule has 0 bridgehead atoms. The van der Waals surface area contributed by atoms with Crippen LogP contribution in [-0.4, -0.2) is 27.4 Å². The molecule has 1 aliphatic rings. The molecular formula is C17H16N2OS2. The Kier molecular flexibility index (Phi) is 3.64. The van der Waals surface area contributed by atoms with Gasteiger partial charge >= 0.3 is 0 Å². The Morgan fingerprint density at radius 2 is 2.09 bits per heavy atom. The van der Waals surface area contributed by atoms with Crippen LogP contribution in [0, 0.1) is 6.92 Å². The second kappa shape index (κ2) is 5.65. The highest BCUT2D eigenvalue weighted by Gasteiger charge is 2.24. The average molecular weight is 328 g/mol. The average Bonchev–Trinajstić information content (AvgIpc) is 2.91. The molecule has 0 radical (unpaired) electrons. The fraction of sp³-hybridized carbons (Fsp3) is 0.294. The van der Waals surface area contributed by atoms with Gasteiger partial charge in [-0.3, -0.25) is 0 Å². The van der Waals surface area contributed by atoms with Gasteiger partial charge in [0.2, 0.25) is 0 Å². The van der Waals surface area contributed by atoms with Crippen molar-refractivity contribution in [2.75, 3.05) is 12.4 Å². The monoisotopic (exact) mass is 328 g/mol. The molecule has 4 rings (SSSR count). The van der Waals surface area contributed by atoms with E-state index in [0.29, 0.717) is 5.75 Å². The van der Waals surface area contributed by atoms with Crippen molar-refractivity contribution < 1.29 is 5.11 Å². The Morgan fingerprint density at radius 3 is 2.95 bits per heavy atom. The molecule has 0 amide bonds. The van der Waals surface area contributed by atoms with E-state index in [9.17, 15) is 0 Å². The number of thioether (sulfide) groups is 1. The fourth-order valence-corrected chi connectivity index (χ4v) is 5.17. The van der Waals surface area contributed by atoms with Crippen LogP contribution in [0.4, 0.5) is 0 Å². The van der Waals surface area contributed by atoms with E-state index in [4.69, 9.17) is 5.11 Å². The predicted molar refractivity (Wildman–Crippen MR) is 92.8 cm³/mol. The molecule has 1 N–H and O–H groups in total. The van der Waals surface area contributed by atoms with Gasteiger partial charge < -0.3 is 5.11 Å². The van der Waals surface area contributed by atoms with Crippen LogP contribution in [0.2, 0.25) is 0 Å². The third-order valence-electron chi connectivity index (χ3n) is 3.94. The number of hydrogen-bond donors (Lipinski definition) is 1. The summed E-state index contributed by atoms with van der Waals surface area (Å²) in [5, 5.41) is 11.3. The van der Waals surface area contributed by atoms with E-state index in [-0.39, 0.29) is 6.61 Å². The van der Waals surface area contributed by atoms with Crippen molar-refractivity contribution in [2.45, 2.75) is 24.8 Å². The fourth-order valence-electron chi connectivity index (χ4n) is 3.06. The lowest BCUT2D eigenvalue weighted by Crippen LogP contribution is -2.01. The molecule has 3 nitrogen and oxygen atoms in total. The lowest BCUT2D eigenvalue weighted by Gasteiger charge is -2.17. The van der Waals surface area contributed by atoms with Crippen LogP contribution in [0.1, 0.15) is 16.3 Å². The van der Waals surface area contributed by atoms with Crippen LogP contribution in [-0.2, 0) is 12.8 Å². The Balaban J connectivity index is 2.01. The van der Waals surface area contributed by atoms with E-state index in [0.717, 1.165) is 28.5 Å². The number of aliphatic hydroxyl groups is 1. The maximum atomic E-state index is 9.15. The number of thiophene rings is 1. The van der Waals surface area contributed by atoms with Crippen LogP contribution in [0.25, 0.3) is 21.3 Å². The highest BCUT2D eigenvalue weighted by molar-refractivity contribution is 7.99. The molecule has 0 fully saturated rings. The first-order valence-corrected chi connectivity index (χ1v) is 9.20. The van der Waals surface area contributed by atoms with E-state index in [1.54, 1.807) is 23.1 Å². The molecule has 0 saturated carbocycles. The van der Waals surface area contributed by atoms with Gasteiger partial charge in [-0.2, -0.15) is 0 Å². The quantitative estimate of drug-likeness (QED) is 0.586. The van der Waals surface area contributed by atoms with Gasteiger partial charge in [0.05, 0.1) is 12.0 Å². The standard InChI is InChI=1S/C17H16N2OS2/c1-10-18-16(21-9-8-20)15-14-12-5-3-2-4-11(12)6-7-13(14)22-17(15)19-10/h2-5,20H,6-9H2,1H3. The molecule has 0 spiro atoms. The lowest BCUT2D eigenvalue weighted by atomic mass is 9.89. The Hall–Kier alpha value is -1.43. The van der Waals surface area contributed by atoms with Gasteiger partial charge in [0, 0.05) is 16.2 Å². The van der Waals surface area contributed by atoms with Crippen molar-refractivity contribution in [2.24, 2.45) is 0 Å². The summed E-state index contributed by atoms with van der Waals surface area (Å²) in [7, 11) is 0. The highest BCUT2D eigenvalue weighted by Crippen LogP contribution is 2.45. The normalized spacial score (nSPS) is 13.2. The number of aliphatic hydroxyl groups excluding tert-OH is 1. The molecule has 1 aromatic carbocycles. The second-order valence-corrected chi connectivity index (χ2v) is 7.55. The Labute approximate surface area is 137 Å². The molecule has 3 aromatic rings. The van der Waals surface area contributed by atoms with E-state index < -0.39 is 0 Å². The van der Waals surface area contributed by atoms with E-state index in [2.05, 4.69) is 34.2 Å². The van der Waals surface area contributed by atoms with Crippen molar-refractivity contribution >= 4 is 33.3 Å². The zero-order valence-electron chi connectivity index (χ0n) is 12.3. The highest BCUT2D eigenvalue weighted by atomic mass is 32.2. The third kappa shape index (κ3) is 2.24. The van der Waals surface area contributed by atoms with Gasteiger partial charge in [-0.05, 0) is 30.9 Å². The topological polar surface area (TPSA) is 46.0 Å². The van der Waals surface area contributed by atoms with Crippen LogP contribution in [0.5, 0.6) is 0 Å². The van der Waals surface area contributed by atoms with Gasteiger partial charge in [0.15, 0.2) is 0 Å². The zero-order valence-corrected chi connectivity index (χ0v) is 13.9. The molecule has 2 heterocycles. The number of hydrogen-bond acceptors (Lipinski definition) is 5. The lowest BCUT2D eigenvalue weighted by molar-refractivity contribution is 0.322. The van der Waals surface area contributed by atoms with Gasteiger partial charge in [-0.25, -0.2) is 9.97 Å². The summed E-state index contributed by atoms with van der Waals surface area (Å²) in [5.41, 5.74) is 4.06. The summed E-state index contributed by atoms with van der Waals surface area (Å²) in [6, 6.07) is 8.64. The summed E-state index contributed by atoms with van der Waals surface area (Å²) < 4.78 is 0. The Bertz CT molecular complexity index is 857. The van der Waals surface area contributed by atoms with Gasteiger partial charge in [-0.1, -0.05) is 24.3 Å². The van der Waals surface area contributed by atoms with Crippen molar-refractivity contribution in [3.05, 3.63) is 40.5 Å². The maximum Gasteiger partial charge on any atom is 0.129 e. The molecule has 0 unspecified atom stereocenters. The largest absolute Gasteiger partial charge is 0.396 e. The van der Waals surface area contributed by atoms with E-state index in [1.165, 1.54) is 27.0 Å². The van der Waals surface area contributed by atoms with E-state index >= 15 is 0 Å². The number of rotatable bonds is 3. The van der Waals surface area contributed by atoms with Crippen molar-refractivity contribution in [1.29, 1.82) is 0 Å². The Morgan fingerprint density at radius 1 is 1.23 bits per heavy atom. The zero-order chi connectivity index (χ0) is 15.1. The number of aryl methyl sites for hydroxylation is 3. The summed E-state index contributed by atoms with van der Waals surface area (Å²) >= 11 is 3.42. The molecule has 0 aliphatic heterocycles. The van der Waals surface area contributed by atoms with Crippen molar-refractivity contribution in [3.63, 3.8) is 0 Å². The minimum Gasteiger partial charge on any atom is -0.396 e. The van der Waals surface area contributed by atoms with Crippen LogP contribution < -0.4 is 0 Å². The third-order valence-corrected chi connectivity index (χ3v) is 6.04. The molecule has 112 valence electrons. The number of fused-ring (bicyclic) bond motifs is 5. The maximum absolute atomic E-state index is 9.15. The summed E-state index contributed by atoms with van der Waals surface area (Å²) in [4.78, 5) is 11.8. The minimum atomic E-state index is 0.165. The molecule has 1 aliphatic carbocycles. The summed E-state index contributed by atoms with van der Waals surface area (Å²) in [6.45, 7) is 2.10. The van der Waals surface area contributed by atoms with Gasteiger partial charge in [0.25, 0.3) is 0 Å². The predicted octanol–water partition coefficient (Wildman–Crippen LogP) is 3.85. The first-order valence-electron chi connectivity index (χ1n) is 7.40. The minimum absolute atomic E-state index is 0.165. The number of aromatic nitrogens is 2. The molecule has 5 heteroatoms. The first kappa shape index (κ1) is 14.2. The number of nitrogens with zero attached hydrogens (tertiary/aromatic N) is 2. The van der Waals surface area contributed by atoms with Crippen molar-refractivity contribution in [1.82, 2.24) is 9.97 Å². The number of benzene rings is 1. The smallest absolute Gasteiger partial charge is 0.129 e. The van der Waals surface area contributed by atoms with Gasteiger partial charge in [-0.15, -0.1) is 23.1 Å². The molecule has 0 atom stereocenters. The second-order valence-electron chi connectivity index (χ2n) is 5.39. The van der Waals surface area contributed by atoms with Crippen LogP contribution in [0.3, 0.4) is 0 Å². The van der Waals surface area contributed by atoms with E-state index in [1.807, 2.05) is 6.92 Å². The van der Waals surface area contributed by atoms with Gasteiger partial charge in [0.1, 0.15) is 15.7 Å². The molecular weight excluding hydrogens is 312 g/mol.